The maximum atomic E-state index is 13.2. The smallest absolute Gasteiger partial charge is 0.247 e. The molecule has 0 N–H and O–H groups in total. The fourth-order valence-corrected chi connectivity index (χ4v) is 4.59. The van der Waals surface area contributed by atoms with Crippen molar-refractivity contribution >= 4 is 35.0 Å². The molecule has 0 aromatic heterocycles. The van der Waals surface area contributed by atoms with E-state index in [9.17, 15) is 19.2 Å². The van der Waals surface area contributed by atoms with Crippen LogP contribution in [-0.4, -0.2) is 41.1 Å². The molecular formula is C24H25N3O4. The lowest BCUT2D eigenvalue weighted by Gasteiger charge is -2.43. The van der Waals surface area contributed by atoms with Crippen molar-refractivity contribution in [2.24, 2.45) is 0 Å². The SMILES string of the molecule is CC(=O)N(c1ccccc1)C1CC(C)N(C(=O)CN2C(=O)CCC2=O)c2ccccc21. The van der Waals surface area contributed by atoms with Gasteiger partial charge in [0, 0.05) is 37.2 Å². The Morgan fingerprint density at radius 2 is 1.58 bits per heavy atom. The highest BCUT2D eigenvalue weighted by Crippen LogP contribution is 2.42. The summed E-state index contributed by atoms with van der Waals surface area (Å²) in [6.45, 7) is 3.22. The van der Waals surface area contributed by atoms with Crippen molar-refractivity contribution in [1.82, 2.24) is 4.90 Å². The molecule has 0 bridgehead atoms. The summed E-state index contributed by atoms with van der Waals surface area (Å²) in [5.41, 5.74) is 2.37. The van der Waals surface area contributed by atoms with E-state index < -0.39 is 0 Å². The monoisotopic (exact) mass is 419 g/mol. The summed E-state index contributed by atoms with van der Waals surface area (Å²) >= 11 is 0. The van der Waals surface area contributed by atoms with Crippen molar-refractivity contribution in [3.05, 3.63) is 60.2 Å². The number of amides is 4. The molecule has 0 aliphatic carbocycles. The van der Waals surface area contributed by atoms with E-state index in [-0.39, 0.29) is 55.1 Å². The largest absolute Gasteiger partial charge is 0.308 e. The zero-order valence-corrected chi connectivity index (χ0v) is 17.7. The molecule has 0 spiro atoms. The molecular weight excluding hydrogens is 394 g/mol. The topological polar surface area (TPSA) is 78.0 Å². The van der Waals surface area contributed by atoms with E-state index >= 15 is 0 Å². The van der Waals surface area contributed by atoms with Crippen LogP contribution in [0.5, 0.6) is 0 Å². The highest BCUT2D eigenvalue weighted by Gasteiger charge is 2.39. The average molecular weight is 419 g/mol. The van der Waals surface area contributed by atoms with Gasteiger partial charge in [-0.1, -0.05) is 36.4 Å². The van der Waals surface area contributed by atoms with Crippen LogP contribution in [0.1, 0.15) is 44.7 Å². The van der Waals surface area contributed by atoms with Crippen LogP contribution in [0.15, 0.2) is 54.6 Å². The second kappa shape index (κ2) is 8.34. The van der Waals surface area contributed by atoms with Gasteiger partial charge in [0.25, 0.3) is 0 Å². The molecule has 0 saturated carbocycles. The number of para-hydroxylation sites is 2. The molecule has 2 aliphatic heterocycles. The van der Waals surface area contributed by atoms with Crippen LogP contribution in [-0.2, 0) is 19.2 Å². The summed E-state index contributed by atoms with van der Waals surface area (Å²) in [5.74, 6) is -0.982. The molecule has 2 aromatic carbocycles. The van der Waals surface area contributed by atoms with Crippen LogP contribution >= 0.6 is 0 Å². The molecule has 2 heterocycles. The average Bonchev–Trinajstić information content (AvgIpc) is 3.06. The molecule has 4 amide bonds. The van der Waals surface area contributed by atoms with E-state index in [1.165, 1.54) is 0 Å². The van der Waals surface area contributed by atoms with Crippen molar-refractivity contribution in [3.8, 4) is 0 Å². The molecule has 31 heavy (non-hydrogen) atoms. The molecule has 2 aliphatic rings. The standard InChI is InChI=1S/C24H25N3O4/c1-16-14-21(27(17(2)28)18-8-4-3-5-9-18)19-10-6-7-11-20(19)26(16)24(31)15-25-22(29)12-13-23(25)30/h3-11,16,21H,12-15H2,1-2H3. The fourth-order valence-electron chi connectivity index (χ4n) is 4.59. The van der Waals surface area contributed by atoms with Crippen LogP contribution in [0.25, 0.3) is 0 Å². The van der Waals surface area contributed by atoms with Gasteiger partial charge in [0.2, 0.25) is 23.6 Å². The molecule has 1 saturated heterocycles. The van der Waals surface area contributed by atoms with Gasteiger partial charge in [-0.25, -0.2) is 0 Å². The Bertz CT molecular complexity index is 1020. The molecule has 2 unspecified atom stereocenters. The number of benzene rings is 2. The highest BCUT2D eigenvalue weighted by molar-refractivity contribution is 6.07. The predicted molar refractivity (Wildman–Crippen MR) is 116 cm³/mol. The van der Waals surface area contributed by atoms with Crippen LogP contribution in [0.2, 0.25) is 0 Å². The van der Waals surface area contributed by atoms with Gasteiger partial charge in [-0.3, -0.25) is 24.1 Å². The number of hydrogen-bond acceptors (Lipinski definition) is 4. The Morgan fingerprint density at radius 3 is 2.23 bits per heavy atom. The van der Waals surface area contributed by atoms with E-state index in [1.807, 2.05) is 61.5 Å². The second-order valence-electron chi connectivity index (χ2n) is 8.02. The van der Waals surface area contributed by atoms with Crippen molar-refractivity contribution < 1.29 is 19.2 Å². The van der Waals surface area contributed by atoms with E-state index in [4.69, 9.17) is 0 Å². The van der Waals surface area contributed by atoms with Crippen molar-refractivity contribution in [3.63, 3.8) is 0 Å². The second-order valence-corrected chi connectivity index (χ2v) is 8.02. The first-order valence-electron chi connectivity index (χ1n) is 10.5. The van der Waals surface area contributed by atoms with Gasteiger partial charge in [0.15, 0.2) is 0 Å². The zero-order chi connectivity index (χ0) is 22.1. The van der Waals surface area contributed by atoms with Crippen molar-refractivity contribution in [2.45, 2.75) is 45.2 Å². The third-order valence-corrected chi connectivity index (χ3v) is 5.96. The van der Waals surface area contributed by atoms with Gasteiger partial charge in [0.05, 0.1) is 6.04 Å². The lowest BCUT2D eigenvalue weighted by Crippen LogP contribution is -2.51. The van der Waals surface area contributed by atoms with E-state index in [0.29, 0.717) is 12.1 Å². The van der Waals surface area contributed by atoms with Crippen LogP contribution in [0, 0.1) is 0 Å². The maximum Gasteiger partial charge on any atom is 0.247 e. The summed E-state index contributed by atoms with van der Waals surface area (Å²) in [5, 5.41) is 0. The van der Waals surface area contributed by atoms with E-state index in [2.05, 4.69) is 0 Å². The molecule has 1 fully saturated rings. The van der Waals surface area contributed by atoms with Gasteiger partial charge in [-0.15, -0.1) is 0 Å². The number of carbonyl (C=O) groups excluding carboxylic acids is 4. The minimum Gasteiger partial charge on any atom is -0.308 e. The molecule has 160 valence electrons. The molecule has 7 heteroatoms. The Balaban J connectivity index is 1.69. The summed E-state index contributed by atoms with van der Waals surface area (Å²) in [6, 6.07) is 16.6. The van der Waals surface area contributed by atoms with Gasteiger partial charge >= 0.3 is 0 Å². The summed E-state index contributed by atoms with van der Waals surface area (Å²) in [4.78, 5) is 54.3. The van der Waals surface area contributed by atoms with Gasteiger partial charge < -0.3 is 9.80 Å². The Morgan fingerprint density at radius 1 is 0.968 bits per heavy atom. The van der Waals surface area contributed by atoms with E-state index in [0.717, 1.165) is 16.2 Å². The maximum absolute atomic E-state index is 13.2. The first-order chi connectivity index (χ1) is 14.9. The van der Waals surface area contributed by atoms with Gasteiger partial charge in [-0.2, -0.15) is 0 Å². The molecule has 4 rings (SSSR count). The number of carbonyl (C=O) groups is 4. The number of anilines is 2. The van der Waals surface area contributed by atoms with Gasteiger partial charge in [0.1, 0.15) is 6.54 Å². The molecule has 0 radical (unpaired) electrons. The molecule has 7 nitrogen and oxygen atoms in total. The number of hydrogen-bond donors (Lipinski definition) is 0. The zero-order valence-electron chi connectivity index (χ0n) is 17.7. The van der Waals surface area contributed by atoms with Crippen LogP contribution < -0.4 is 9.80 Å². The van der Waals surface area contributed by atoms with Crippen molar-refractivity contribution in [2.75, 3.05) is 16.3 Å². The molecule has 2 aromatic rings. The number of nitrogens with zero attached hydrogens (tertiary/aromatic N) is 3. The minimum atomic E-state index is -0.305. The lowest BCUT2D eigenvalue weighted by atomic mass is 9.90. The predicted octanol–water partition coefficient (Wildman–Crippen LogP) is 3.06. The lowest BCUT2D eigenvalue weighted by molar-refractivity contribution is -0.141. The molecule has 2 atom stereocenters. The quantitative estimate of drug-likeness (QED) is 0.714. The van der Waals surface area contributed by atoms with Crippen LogP contribution in [0.3, 0.4) is 0 Å². The number of imide groups is 1. The van der Waals surface area contributed by atoms with Gasteiger partial charge in [-0.05, 0) is 37.1 Å². The summed E-state index contributed by atoms with van der Waals surface area (Å²) < 4.78 is 0. The highest BCUT2D eigenvalue weighted by atomic mass is 16.2. The Kier molecular flexibility index (Phi) is 5.59. The fraction of sp³-hybridized carbons (Fsp3) is 0.333. The normalized spacial score (nSPS) is 20.6. The Hall–Kier alpha value is -3.48. The minimum absolute atomic E-state index is 0.0776. The third kappa shape index (κ3) is 3.83. The van der Waals surface area contributed by atoms with E-state index in [1.54, 1.807) is 16.7 Å². The third-order valence-electron chi connectivity index (χ3n) is 5.96. The first-order valence-corrected chi connectivity index (χ1v) is 10.5. The number of rotatable bonds is 4. The number of fused-ring (bicyclic) bond motifs is 1. The van der Waals surface area contributed by atoms with Crippen LogP contribution in [0.4, 0.5) is 11.4 Å². The van der Waals surface area contributed by atoms with Crippen molar-refractivity contribution in [1.29, 1.82) is 0 Å². The first kappa shape index (κ1) is 20.8. The summed E-state index contributed by atoms with van der Waals surface area (Å²) in [6.07, 6.45) is 0.856. The summed E-state index contributed by atoms with van der Waals surface area (Å²) in [7, 11) is 0. The number of likely N-dealkylation sites (tertiary alicyclic amines) is 1. The Labute approximate surface area is 181 Å².